The summed E-state index contributed by atoms with van der Waals surface area (Å²) in [5, 5.41) is 0. The zero-order valence-corrected chi connectivity index (χ0v) is 12.4. The van der Waals surface area contributed by atoms with E-state index >= 15 is 0 Å². The van der Waals surface area contributed by atoms with Crippen molar-refractivity contribution in [2.75, 3.05) is 6.61 Å². The van der Waals surface area contributed by atoms with E-state index < -0.39 is 42.3 Å². The van der Waals surface area contributed by atoms with Crippen molar-refractivity contribution in [2.24, 2.45) is 0 Å². The van der Waals surface area contributed by atoms with E-state index in [0.717, 1.165) is 0 Å². The summed E-state index contributed by atoms with van der Waals surface area (Å²) in [5.41, 5.74) is 0. The third kappa shape index (κ3) is 5.18. The molecule has 0 aliphatic carbocycles. The summed E-state index contributed by atoms with van der Waals surface area (Å²) in [6.07, 6.45) is -0.754. The molecule has 0 aromatic heterocycles. The van der Waals surface area contributed by atoms with Crippen LogP contribution in [0.25, 0.3) is 0 Å². The van der Waals surface area contributed by atoms with Crippen molar-refractivity contribution in [3.05, 3.63) is 12.7 Å². The van der Waals surface area contributed by atoms with Crippen molar-refractivity contribution in [2.45, 2.75) is 51.6 Å². The molecular formula is C14H20O7. The van der Waals surface area contributed by atoms with Gasteiger partial charge >= 0.3 is 17.9 Å². The lowest BCUT2D eigenvalue weighted by atomic mass is 10.1. The van der Waals surface area contributed by atoms with Crippen LogP contribution >= 0.6 is 0 Å². The molecule has 2 unspecified atom stereocenters. The SMILES string of the molecule is C=CC[C@@H]1O[C@H](COC(C)=O)C(OC(C)=O)C1OC(C)=O. The third-order valence-electron chi connectivity index (χ3n) is 2.86. The highest BCUT2D eigenvalue weighted by molar-refractivity contribution is 5.68. The van der Waals surface area contributed by atoms with Gasteiger partial charge in [0.1, 0.15) is 18.8 Å². The van der Waals surface area contributed by atoms with E-state index in [-0.39, 0.29) is 6.61 Å². The second kappa shape index (κ2) is 7.78. The van der Waals surface area contributed by atoms with Crippen LogP contribution in [0, 0.1) is 0 Å². The van der Waals surface area contributed by atoms with Crippen LogP contribution in [0.1, 0.15) is 27.2 Å². The summed E-state index contributed by atoms with van der Waals surface area (Å²) in [7, 11) is 0. The molecule has 4 atom stereocenters. The fraction of sp³-hybridized carbons (Fsp3) is 0.643. The van der Waals surface area contributed by atoms with Gasteiger partial charge in [0.15, 0.2) is 12.2 Å². The van der Waals surface area contributed by atoms with Crippen molar-refractivity contribution in [1.82, 2.24) is 0 Å². The second-order valence-corrected chi connectivity index (χ2v) is 4.69. The van der Waals surface area contributed by atoms with Crippen molar-refractivity contribution in [3.63, 3.8) is 0 Å². The molecule has 1 saturated heterocycles. The minimum absolute atomic E-state index is 0.0846. The van der Waals surface area contributed by atoms with Gasteiger partial charge in [-0.05, 0) is 6.42 Å². The Hall–Kier alpha value is -1.89. The molecule has 0 aromatic carbocycles. The third-order valence-corrected chi connectivity index (χ3v) is 2.86. The van der Waals surface area contributed by atoms with Gasteiger partial charge in [-0.2, -0.15) is 0 Å². The first kappa shape index (κ1) is 17.2. The van der Waals surface area contributed by atoms with Gasteiger partial charge in [-0.1, -0.05) is 6.08 Å². The molecular weight excluding hydrogens is 280 g/mol. The molecule has 1 aliphatic heterocycles. The Bertz CT molecular complexity index is 418. The Labute approximate surface area is 123 Å². The average molecular weight is 300 g/mol. The van der Waals surface area contributed by atoms with Crippen LogP contribution in [0.5, 0.6) is 0 Å². The summed E-state index contributed by atoms with van der Waals surface area (Å²) < 4.78 is 20.9. The van der Waals surface area contributed by atoms with Gasteiger partial charge in [0.05, 0.1) is 0 Å². The molecule has 118 valence electrons. The quantitative estimate of drug-likeness (QED) is 0.406. The standard InChI is InChI=1S/C14H20O7/c1-5-6-11-13(19-9(3)16)14(20-10(4)17)12(21-11)7-18-8(2)15/h5,11-14H,1,6-7H2,2-4H3/t11-,12+,13?,14?/m0/s1. The average Bonchev–Trinajstić information content (AvgIpc) is 2.65. The van der Waals surface area contributed by atoms with Gasteiger partial charge in [0.2, 0.25) is 0 Å². The molecule has 0 radical (unpaired) electrons. The largest absolute Gasteiger partial charge is 0.463 e. The number of ether oxygens (including phenoxy) is 4. The summed E-state index contributed by atoms with van der Waals surface area (Å²) in [4.78, 5) is 33.4. The number of esters is 3. The van der Waals surface area contributed by atoms with Gasteiger partial charge in [-0.3, -0.25) is 14.4 Å². The molecule has 1 fully saturated rings. The Morgan fingerprint density at radius 2 is 1.52 bits per heavy atom. The predicted octanol–water partition coefficient (Wildman–Crippen LogP) is 0.756. The number of carbonyl (C=O) groups excluding carboxylic acids is 3. The first-order chi connectivity index (χ1) is 9.85. The topological polar surface area (TPSA) is 88.1 Å². The highest BCUT2D eigenvalue weighted by Crippen LogP contribution is 2.29. The smallest absolute Gasteiger partial charge is 0.303 e. The molecule has 0 saturated carbocycles. The van der Waals surface area contributed by atoms with Gasteiger partial charge in [0.25, 0.3) is 0 Å². The highest BCUT2D eigenvalue weighted by Gasteiger charge is 2.48. The first-order valence-corrected chi connectivity index (χ1v) is 6.59. The monoisotopic (exact) mass is 300 g/mol. The van der Waals surface area contributed by atoms with Crippen LogP contribution < -0.4 is 0 Å². The molecule has 0 aromatic rings. The molecule has 7 heteroatoms. The lowest BCUT2D eigenvalue weighted by Crippen LogP contribution is -2.41. The molecule has 21 heavy (non-hydrogen) atoms. The zero-order chi connectivity index (χ0) is 16.0. The van der Waals surface area contributed by atoms with E-state index in [1.165, 1.54) is 20.8 Å². The minimum Gasteiger partial charge on any atom is -0.463 e. The van der Waals surface area contributed by atoms with Crippen LogP contribution in [0.15, 0.2) is 12.7 Å². The molecule has 0 bridgehead atoms. The van der Waals surface area contributed by atoms with E-state index in [2.05, 4.69) is 6.58 Å². The maximum atomic E-state index is 11.2. The van der Waals surface area contributed by atoms with E-state index in [4.69, 9.17) is 18.9 Å². The predicted molar refractivity (Wildman–Crippen MR) is 71.2 cm³/mol. The van der Waals surface area contributed by atoms with Crippen molar-refractivity contribution < 1.29 is 33.3 Å². The van der Waals surface area contributed by atoms with E-state index in [1.807, 2.05) is 0 Å². The first-order valence-electron chi connectivity index (χ1n) is 6.59. The van der Waals surface area contributed by atoms with Crippen molar-refractivity contribution >= 4 is 17.9 Å². The normalized spacial score (nSPS) is 27.8. The number of hydrogen-bond acceptors (Lipinski definition) is 7. The fourth-order valence-corrected chi connectivity index (χ4v) is 2.16. The van der Waals surface area contributed by atoms with Crippen molar-refractivity contribution in [3.8, 4) is 0 Å². The van der Waals surface area contributed by atoms with Crippen LogP contribution in [-0.4, -0.2) is 48.9 Å². The number of hydrogen-bond donors (Lipinski definition) is 0. The lowest BCUT2D eigenvalue weighted by Gasteiger charge is -2.23. The Morgan fingerprint density at radius 3 is 1.95 bits per heavy atom. The van der Waals surface area contributed by atoms with E-state index in [9.17, 15) is 14.4 Å². The molecule has 0 amide bonds. The van der Waals surface area contributed by atoms with Gasteiger partial charge in [0, 0.05) is 20.8 Å². The Morgan fingerprint density at radius 1 is 1.00 bits per heavy atom. The summed E-state index contributed by atoms with van der Waals surface area (Å²) in [6, 6.07) is 0. The molecule has 0 N–H and O–H groups in total. The number of rotatable bonds is 6. The molecule has 7 nitrogen and oxygen atoms in total. The maximum absolute atomic E-state index is 11.2. The highest BCUT2D eigenvalue weighted by atomic mass is 16.6. The van der Waals surface area contributed by atoms with Gasteiger partial charge in [-0.15, -0.1) is 6.58 Å². The van der Waals surface area contributed by atoms with Crippen LogP contribution in [-0.2, 0) is 33.3 Å². The van der Waals surface area contributed by atoms with E-state index in [0.29, 0.717) is 6.42 Å². The molecule has 1 rings (SSSR count). The summed E-state index contributed by atoms with van der Waals surface area (Å²) in [6.45, 7) is 7.29. The van der Waals surface area contributed by atoms with Crippen molar-refractivity contribution in [1.29, 1.82) is 0 Å². The lowest BCUT2D eigenvalue weighted by molar-refractivity contribution is -0.165. The van der Waals surface area contributed by atoms with Crippen LogP contribution in [0.4, 0.5) is 0 Å². The van der Waals surface area contributed by atoms with Crippen LogP contribution in [0.2, 0.25) is 0 Å². The Kier molecular flexibility index (Phi) is 6.36. The Balaban J connectivity index is 2.89. The minimum atomic E-state index is -0.823. The molecule has 0 spiro atoms. The van der Waals surface area contributed by atoms with Gasteiger partial charge < -0.3 is 18.9 Å². The molecule has 1 aliphatic rings. The second-order valence-electron chi connectivity index (χ2n) is 4.69. The molecule has 1 heterocycles. The van der Waals surface area contributed by atoms with Crippen LogP contribution in [0.3, 0.4) is 0 Å². The van der Waals surface area contributed by atoms with Gasteiger partial charge in [-0.25, -0.2) is 0 Å². The zero-order valence-electron chi connectivity index (χ0n) is 12.4. The summed E-state index contributed by atoms with van der Waals surface area (Å²) >= 11 is 0. The maximum Gasteiger partial charge on any atom is 0.303 e. The number of carbonyl (C=O) groups is 3. The fourth-order valence-electron chi connectivity index (χ4n) is 2.16. The summed E-state index contributed by atoms with van der Waals surface area (Å²) in [5.74, 6) is -1.52. The van der Waals surface area contributed by atoms with E-state index in [1.54, 1.807) is 6.08 Å².